The maximum Gasteiger partial charge on any atom is 0.238 e. The van der Waals surface area contributed by atoms with Crippen molar-refractivity contribution < 1.29 is 9.21 Å². The quantitative estimate of drug-likeness (QED) is 0.572. The number of carbonyl (C=O) groups excluding carboxylic acids is 1. The molecule has 3 aromatic rings. The van der Waals surface area contributed by atoms with Crippen molar-refractivity contribution in [3.8, 4) is 0 Å². The number of ketones is 1. The van der Waals surface area contributed by atoms with Crippen LogP contribution in [0.15, 0.2) is 38.5 Å². The standard InChI is InChI=1S/C14H8BrClO2S/c1-7-5-11(19-14(7)15)12(17)10-6-8-3-2-4-9(16)13(8)18-10/h2-6H,1H3. The molecule has 0 radical (unpaired) electrons. The maximum absolute atomic E-state index is 12.3. The van der Waals surface area contributed by atoms with Crippen LogP contribution in [-0.4, -0.2) is 5.78 Å². The third kappa shape index (κ3) is 2.24. The van der Waals surface area contributed by atoms with E-state index in [4.69, 9.17) is 16.0 Å². The lowest BCUT2D eigenvalue weighted by Crippen LogP contribution is -1.95. The van der Waals surface area contributed by atoms with Crippen molar-refractivity contribution in [1.82, 2.24) is 0 Å². The first-order chi connectivity index (χ1) is 9.06. The van der Waals surface area contributed by atoms with Gasteiger partial charge in [-0.25, -0.2) is 0 Å². The lowest BCUT2D eigenvalue weighted by molar-refractivity contribution is 0.101. The molecule has 0 aliphatic carbocycles. The summed E-state index contributed by atoms with van der Waals surface area (Å²) in [6.45, 7) is 1.95. The van der Waals surface area contributed by atoms with Crippen LogP contribution in [0.25, 0.3) is 11.0 Å². The smallest absolute Gasteiger partial charge is 0.238 e. The Hall–Kier alpha value is -1.10. The zero-order chi connectivity index (χ0) is 13.6. The van der Waals surface area contributed by atoms with Crippen LogP contribution in [0.3, 0.4) is 0 Å². The third-order valence-electron chi connectivity index (χ3n) is 2.80. The summed E-state index contributed by atoms with van der Waals surface area (Å²) in [6.07, 6.45) is 0. The molecule has 0 aliphatic heterocycles. The highest BCUT2D eigenvalue weighted by molar-refractivity contribution is 9.11. The molecular weight excluding hydrogens is 348 g/mol. The van der Waals surface area contributed by atoms with Crippen LogP contribution in [0.4, 0.5) is 0 Å². The maximum atomic E-state index is 12.3. The largest absolute Gasteiger partial charge is 0.451 e. The second-order valence-corrected chi connectivity index (χ2v) is 6.94. The summed E-state index contributed by atoms with van der Waals surface area (Å²) in [4.78, 5) is 13.0. The van der Waals surface area contributed by atoms with Crippen LogP contribution in [0.2, 0.25) is 5.02 Å². The molecule has 0 spiro atoms. The molecule has 96 valence electrons. The lowest BCUT2D eigenvalue weighted by atomic mass is 10.2. The molecule has 5 heteroatoms. The third-order valence-corrected chi connectivity index (χ3v) is 5.23. The molecule has 0 atom stereocenters. The fourth-order valence-electron chi connectivity index (χ4n) is 1.83. The van der Waals surface area contributed by atoms with E-state index >= 15 is 0 Å². The Morgan fingerprint density at radius 3 is 2.79 bits per heavy atom. The Balaban J connectivity index is 2.09. The minimum Gasteiger partial charge on any atom is -0.451 e. The summed E-state index contributed by atoms with van der Waals surface area (Å²) in [5, 5.41) is 1.35. The van der Waals surface area contributed by atoms with Gasteiger partial charge in [0.25, 0.3) is 0 Å². The summed E-state index contributed by atoms with van der Waals surface area (Å²) in [5.41, 5.74) is 1.60. The van der Waals surface area contributed by atoms with Gasteiger partial charge in [-0.2, -0.15) is 0 Å². The molecule has 1 aromatic carbocycles. The van der Waals surface area contributed by atoms with Crippen molar-refractivity contribution in [3.05, 3.63) is 55.3 Å². The van der Waals surface area contributed by atoms with Gasteiger partial charge in [-0.3, -0.25) is 4.79 Å². The van der Waals surface area contributed by atoms with Crippen molar-refractivity contribution in [2.75, 3.05) is 0 Å². The van der Waals surface area contributed by atoms with Crippen LogP contribution in [-0.2, 0) is 0 Å². The fraction of sp³-hybridized carbons (Fsp3) is 0.0714. The van der Waals surface area contributed by atoms with E-state index in [0.717, 1.165) is 14.7 Å². The fourth-order valence-corrected chi connectivity index (χ4v) is 3.53. The van der Waals surface area contributed by atoms with E-state index in [1.54, 1.807) is 12.1 Å². The molecule has 0 fully saturated rings. The van der Waals surface area contributed by atoms with Gasteiger partial charge in [0.2, 0.25) is 5.78 Å². The van der Waals surface area contributed by atoms with E-state index in [9.17, 15) is 4.79 Å². The molecule has 0 bridgehead atoms. The first-order valence-corrected chi connectivity index (χ1v) is 7.53. The zero-order valence-electron chi connectivity index (χ0n) is 9.87. The summed E-state index contributed by atoms with van der Waals surface area (Å²) in [5.74, 6) is 0.197. The van der Waals surface area contributed by atoms with Crippen LogP contribution < -0.4 is 0 Å². The van der Waals surface area contributed by atoms with Gasteiger partial charge in [0, 0.05) is 5.39 Å². The van der Waals surface area contributed by atoms with Crippen LogP contribution >= 0.6 is 38.9 Å². The number of para-hydroxylation sites is 1. The van der Waals surface area contributed by atoms with Gasteiger partial charge in [0.15, 0.2) is 11.3 Å². The Labute approximate surface area is 127 Å². The zero-order valence-corrected chi connectivity index (χ0v) is 13.0. The monoisotopic (exact) mass is 354 g/mol. The average Bonchev–Trinajstić information content (AvgIpc) is 2.94. The highest BCUT2D eigenvalue weighted by Crippen LogP contribution is 2.32. The predicted molar refractivity (Wildman–Crippen MR) is 81.4 cm³/mol. The molecule has 0 aliphatic rings. The van der Waals surface area contributed by atoms with Gasteiger partial charge in [-0.05, 0) is 46.6 Å². The number of fused-ring (bicyclic) bond motifs is 1. The number of benzene rings is 1. The summed E-state index contributed by atoms with van der Waals surface area (Å²) in [7, 11) is 0. The van der Waals surface area contributed by atoms with Crippen molar-refractivity contribution >= 4 is 55.6 Å². The number of hydrogen-bond acceptors (Lipinski definition) is 3. The van der Waals surface area contributed by atoms with Gasteiger partial charge < -0.3 is 4.42 Å². The molecule has 0 amide bonds. The summed E-state index contributed by atoms with van der Waals surface area (Å²) >= 11 is 10.9. The van der Waals surface area contributed by atoms with Gasteiger partial charge in [0.1, 0.15) is 0 Å². The van der Waals surface area contributed by atoms with E-state index in [1.807, 2.05) is 25.1 Å². The molecule has 2 aromatic heterocycles. The minimum atomic E-state index is -0.119. The first kappa shape index (κ1) is 12.9. The molecule has 0 N–H and O–H groups in total. The van der Waals surface area contributed by atoms with E-state index in [-0.39, 0.29) is 5.78 Å². The second-order valence-electron chi connectivity index (χ2n) is 4.17. The number of thiophene rings is 1. The van der Waals surface area contributed by atoms with E-state index in [1.165, 1.54) is 11.3 Å². The van der Waals surface area contributed by atoms with Crippen molar-refractivity contribution in [1.29, 1.82) is 0 Å². The van der Waals surface area contributed by atoms with Gasteiger partial charge >= 0.3 is 0 Å². The molecule has 0 saturated carbocycles. The SMILES string of the molecule is Cc1cc(C(=O)c2cc3cccc(Cl)c3o2)sc1Br. The number of furan rings is 1. The number of hydrogen-bond donors (Lipinski definition) is 0. The molecule has 0 saturated heterocycles. The number of aryl methyl sites for hydroxylation is 1. The topological polar surface area (TPSA) is 30.2 Å². The van der Waals surface area contributed by atoms with Gasteiger partial charge in [-0.15, -0.1) is 11.3 Å². The van der Waals surface area contributed by atoms with Crippen LogP contribution in [0.1, 0.15) is 21.0 Å². The molecule has 19 heavy (non-hydrogen) atoms. The van der Waals surface area contributed by atoms with E-state index in [2.05, 4.69) is 15.9 Å². The molecule has 2 nitrogen and oxygen atoms in total. The highest BCUT2D eigenvalue weighted by atomic mass is 79.9. The van der Waals surface area contributed by atoms with E-state index < -0.39 is 0 Å². The molecular formula is C14H8BrClO2S. The number of carbonyl (C=O) groups is 1. The van der Waals surface area contributed by atoms with Crippen molar-refractivity contribution in [2.45, 2.75) is 6.92 Å². The molecule has 3 rings (SSSR count). The highest BCUT2D eigenvalue weighted by Gasteiger charge is 2.18. The molecule has 2 heterocycles. The number of halogens is 2. The van der Waals surface area contributed by atoms with Crippen molar-refractivity contribution in [3.63, 3.8) is 0 Å². The Bertz CT molecular complexity index is 768. The normalized spacial score (nSPS) is 11.1. The van der Waals surface area contributed by atoms with Crippen molar-refractivity contribution in [2.24, 2.45) is 0 Å². The average molecular weight is 356 g/mol. The van der Waals surface area contributed by atoms with E-state index in [0.29, 0.717) is 21.2 Å². The predicted octanol–water partition coefficient (Wildman–Crippen LogP) is 5.45. The first-order valence-electron chi connectivity index (χ1n) is 5.55. The van der Waals surface area contributed by atoms with Gasteiger partial charge in [0.05, 0.1) is 13.7 Å². The second kappa shape index (κ2) is 4.78. The van der Waals surface area contributed by atoms with Gasteiger partial charge in [-0.1, -0.05) is 23.7 Å². The summed E-state index contributed by atoms with van der Waals surface area (Å²) in [6, 6.07) is 9.03. The minimum absolute atomic E-state index is 0.119. The number of rotatable bonds is 2. The molecule has 0 unspecified atom stereocenters. The summed E-state index contributed by atoms with van der Waals surface area (Å²) < 4.78 is 6.54. The van der Waals surface area contributed by atoms with Crippen LogP contribution in [0, 0.1) is 6.92 Å². The van der Waals surface area contributed by atoms with Crippen LogP contribution in [0.5, 0.6) is 0 Å². The lowest BCUT2D eigenvalue weighted by Gasteiger charge is -1.92. The Morgan fingerprint density at radius 2 is 2.16 bits per heavy atom. The Kier molecular flexibility index (Phi) is 3.25. The Morgan fingerprint density at radius 1 is 1.37 bits per heavy atom.